The van der Waals surface area contributed by atoms with Crippen LogP contribution < -0.4 is 4.74 Å². The van der Waals surface area contributed by atoms with Crippen molar-refractivity contribution < 1.29 is 14.3 Å². The number of rotatable bonds is 9. The number of carbonyl (C=O) groups is 1. The summed E-state index contributed by atoms with van der Waals surface area (Å²) in [6.07, 6.45) is 4.75. The smallest absolute Gasteiger partial charge is 0.305 e. The van der Waals surface area contributed by atoms with Crippen LogP contribution in [0.3, 0.4) is 0 Å². The molecule has 0 aliphatic rings. The molecule has 0 unspecified atom stereocenters. The monoisotopic (exact) mass is 461 g/mol. The number of hydrogen-bond donors (Lipinski definition) is 1. The third-order valence-corrected chi connectivity index (χ3v) is 5.76. The van der Waals surface area contributed by atoms with Gasteiger partial charge in [0.2, 0.25) is 0 Å². The fraction of sp³-hybridized carbons (Fsp3) is 0.269. The summed E-state index contributed by atoms with van der Waals surface area (Å²) in [5.41, 5.74) is 4.68. The van der Waals surface area contributed by atoms with Gasteiger partial charge in [0, 0.05) is 29.3 Å². The van der Waals surface area contributed by atoms with E-state index in [1.807, 2.05) is 30.3 Å². The summed E-state index contributed by atoms with van der Waals surface area (Å²) in [7, 11) is 1.41. The highest BCUT2D eigenvalue weighted by Crippen LogP contribution is 2.34. The second-order valence-corrected chi connectivity index (χ2v) is 8.35. The van der Waals surface area contributed by atoms with Crippen molar-refractivity contribution in [1.29, 1.82) is 0 Å². The summed E-state index contributed by atoms with van der Waals surface area (Å²) in [5.74, 6) is 1.32. The fourth-order valence-electron chi connectivity index (χ4n) is 3.68. The number of fused-ring (bicyclic) bond motifs is 1. The van der Waals surface area contributed by atoms with Gasteiger partial charge in [0.05, 0.1) is 19.2 Å². The summed E-state index contributed by atoms with van der Waals surface area (Å²) in [6, 6.07) is 18.0. The van der Waals surface area contributed by atoms with Crippen LogP contribution in [0.1, 0.15) is 31.2 Å². The highest BCUT2D eigenvalue weighted by molar-refractivity contribution is 7.80. The summed E-state index contributed by atoms with van der Waals surface area (Å²) in [4.78, 5) is 21.4. The molecule has 0 N–H and O–H groups in total. The quantitative estimate of drug-likeness (QED) is 0.194. The molecule has 0 radical (unpaired) electrons. The second kappa shape index (κ2) is 10.5. The number of imidazole rings is 1. The Hall–Kier alpha value is -3.32. The molecule has 0 spiro atoms. The molecule has 2 aromatic heterocycles. The first-order valence-corrected chi connectivity index (χ1v) is 11.4. The van der Waals surface area contributed by atoms with Crippen molar-refractivity contribution in [2.75, 3.05) is 13.7 Å². The molecule has 2 heterocycles. The minimum atomic E-state index is -0.172. The van der Waals surface area contributed by atoms with Gasteiger partial charge < -0.3 is 9.47 Å². The fourth-order valence-corrected chi connectivity index (χ4v) is 3.97. The Kier molecular flexibility index (Phi) is 7.29. The van der Waals surface area contributed by atoms with Gasteiger partial charge in [-0.3, -0.25) is 14.3 Å². The SMILES string of the molecule is COC(=O)CCCCCOc1cc(S)c2nc(-c3ccccn3)n(-c3ccc(C)cc3)c2c1. The van der Waals surface area contributed by atoms with Crippen LogP contribution in [0.25, 0.3) is 28.2 Å². The summed E-state index contributed by atoms with van der Waals surface area (Å²) < 4.78 is 12.8. The van der Waals surface area contributed by atoms with Gasteiger partial charge in [-0.15, -0.1) is 12.6 Å². The molecule has 0 atom stereocenters. The van der Waals surface area contributed by atoms with Crippen molar-refractivity contribution in [3.05, 3.63) is 66.4 Å². The van der Waals surface area contributed by atoms with Crippen molar-refractivity contribution in [1.82, 2.24) is 14.5 Å². The van der Waals surface area contributed by atoms with Gasteiger partial charge in [-0.2, -0.15) is 0 Å². The first kappa shape index (κ1) is 22.9. The molecule has 170 valence electrons. The molecule has 0 amide bonds. The van der Waals surface area contributed by atoms with Gasteiger partial charge in [0.25, 0.3) is 0 Å². The zero-order chi connectivity index (χ0) is 23.2. The molecule has 7 heteroatoms. The van der Waals surface area contributed by atoms with Gasteiger partial charge in [-0.1, -0.05) is 23.8 Å². The summed E-state index contributed by atoms with van der Waals surface area (Å²) in [5, 5.41) is 0. The molecule has 0 bridgehead atoms. The average molecular weight is 462 g/mol. The third kappa shape index (κ3) is 5.37. The molecule has 0 aliphatic heterocycles. The van der Waals surface area contributed by atoms with Crippen LogP contribution in [0.5, 0.6) is 5.75 Å². The van der Waals surface area contributed by atoms with E-state index in [-0.39, 0.29) is 5.97 Å². The number of ether oxygens (including phenoxy) is 2. The number of carbonyl (C=O) groups excluding carboxylic acids is 1. The maximum atomic E-state index is 11.2. The van der Waals surface area contributed by atoms with Crippen molar-refractivity contribution >= 4 is 29.6 Å². The zero-order valence-corrected chi connectivity index (χ0v) is 19.7. The minimum Gasteiger partial charge on any atom is -0.493 e. The standard InChI is InChI=1S/C26H27N3O3S/c1-18-10-12-19(13-11-18)29-22-16-20(32-15-7-3-4-9-24(30)31-2)17-23(33)25(22)28-26(29)21-8-5-6-14-27-21/h5-6,8,10-14,16-17,33H,3-4,7,9,15H2,1-2H3. The first-order chi connectivity index (χ1) is 16.1. The Morgan fingerprint density at radius 3 is 2.61 bits per heavy atom. The average Bonchev–Trinajstić information content (AvgIpc) is 3.22. The van der Waals surface area contributed by atoms with Crippen LogP contribution in [0.15, 0.2) is 65.7 Å². The Bertz CT molecular complexity index is 1240. The number of pyridine rings is 1. The Morgan fingerprint density at radius 2 is 1.88 bits per heavy atom. The summed E-state index contributed by atoms with van der Waals surface area (Å²) in [6.45, 7) is 2.63. The normalized spacial score (nSPS) is 11.0. The van der Waals surface area contributed by atoms with Crippen LogP contribution in [0.4, 0.5) is 0 Å². The van der Waals surface area contributed by atoms with Crippen molar-refractivity contribution in [2.45, 2.75) is 37.5 Å². The van der Waals surface area contributed by atoms with E-state index in [2.05, 4.69) is 45.5 Å². The number of benzene rings is 2. The maximum absolute atomic E-state index is 11.2. The highest BCUT2D eigenvalue weighted by atomic mass is 32.1. The van der Waals surface area contributed by atoms with Gasteiger partial charge >= 0.3 is 5.97 Å². The molecule has 0 saturated carbocycles. The number of hydrogen-bond acceptors (Lipinski definition) is 6. The second-order valence-electron chi connectivity index (χ2n) is 7.87. The van der Waals surface area contributed by atoms with Crippen LogP contribution in [0, 0.1) is 6.92 Å². The maximum Gasteiger partial charge on any atom is 0.305 e. The molecule has 2 aromatic carbocycles. The van der Waals surface area contributed by atoms with E-state index in [9.17, 15) is 4.79 Å². The van der Waals surface area contributed by atoms with E-state index in [0.29, 0.717) is 13.0 Å². The number of nitrogens with zero attached hydrogens (tertiary/aromatic N) is 3. The van der Waals surface area contributed by atoms with Crippen molar-refractivity contribution in [3.63, 3.8) is 0 Å². The molecule has 4 rings (SSSR count). The van der Waals surface area contributed by atoms with E-state index >= 15 is 0 Å². The molecule has 0 saturated heterocycles. The minimum absolute atomic E-state index is 0.172. The van der Waals surface area contributed by atoms with Gasteiger partial charge in [0.1, 0.15) is 17.0 Å². The number of esters is 1. The molecule has 0 fully saturated rings. The number of aryl methyl sites for hydroxylation is 1. The van der Waals surface area contributed by atoms with Gasteiger partial charge in [0.15, 0.2) is 5.82 Å². The number of unbranched alkanes of at least 4 members (excludes halogenated alkanes) is 2. The number of methoxy groups -OCH3 is 1. The molecular weight excluding hydrogens is 434 g/mol. The Balaban J connectivity index is 1.64. The van der Waals surface area contributed by atoms with Gasteiger partial charge in [-0.25, -0.2) is 4.98 Å². The third-order valence-electron chi connectivity index (χ3n) is 5.42. The predicted molar refractivity (Wildman–Crippen MR) is 132 cm³/mol. The number of thiol groups is 1. The van der Waals surface area contributed by atoms with E-state index in [4.69, 9.17) is 22.3 Å². The lowest BCUT2D eigenvalue weighted by atomic mass is 10.2. The van der Waals surface area contributed by atoms with Crippen molar-refractivity contribution in [3.8, 4) is 23.0 Å². The highest BCUT2D eigenvalue weighted by Gasteiger charge is 2.18. The Morgan fingerprint density at radius 1 is 1.06 bits per heavy atom. The van der Waals surface area contributed by atoms with Crippen LogP contribution in [-0.2, 0) is 9.53 Å². The van der Waals surface area contributed by atoms with Crippen LogP contribution in [-0.4, -0.2) is 34.2 Å². The molecular formula is C26H27N3O3S. The molecule has 6 nitrogen and oxygen atoms in total. The van der Waals surface area contributed by atoms with E-state index in [1.54, 1.807) is 6.20 Å². The van der Waals surface area contributed by atoms with Crippen LogP contribution in [0.2, 0.25) is 0 Å². The largest absolute Gasteiger partial charge is 0.493 e. The first-order valence-electron chi connectivity index (χ1n) is 11.0. The van der Waals surface area contributed by atoms with E-state index < -0.39 is 0 Å². The van der Waals surface area contributed by atoms with E-state index in [0.717, 1.165) is 58.1 Å². The lowest BCUT2D eigenvalue weighted by Crippen LogP contribution is -2.02. The predicted octanol–water partition coefficient (Wildman–Crippen LogP) is 5.80. The lowest BCUT2D eigenvalue weighted by molar-refractivity contribution is -0.140. The molecule has 4 aromatic rings. The number of aromatic nitrogens is 3. The van der Waals surface area contributed by atoms with Crippen LogP contribution >= 0.6 is 12.6 Å². The van der Waals surface area contributed by atoms with E-state index in [1.165, 1.54) is 12.7 Å². The topological polar surface area (TPSA) is 66.2 Å². The summed E-state index contributed by atoms with van der Waals surface area (Å²) >= 11 is 4.71. The molecule has 33 heavy (non-hydrogen) atoms. The lowest BCUT2D eigenvalue weighted by Gasteiger charge is -2.11. The molecule has 0 aliphatic carbocycles. The zero-order valence-electron chi connectivity index (χ0n) is 18.8. The van der Waals surface area contributed by atoms with Gasteiger partial charge in [-0.05, 0) is 56.5 Å². The van der Waals surface area contributed by atoms with Crippen molar-refractivity contribution in [2.24, 2.45) is 0 Å². The Labute approximate surface area is 199 Å².